The van der Waals surface area contributed by atoms with Crippen LogP contribution in [0, 0.1) is 5.92 Å². The minimum Gasteiger partial charge on any atom is -0.394 e. The molecule has 2 fully saturated rings. The first kappa shape index (κ1) is 25.4. The van der Waals surface area contributed by atoms with Crippen LogP contribution >= 0.6 is 0 Å². The fourth-order valence-electron chi connectivity index (χ4n) is 5.63. The smallest absolute Gasteiger partial charge is 0.264 e. The molecule has 3 atom stereocenters. The zero-order valence-corrected chi connectivity index (χ0v) is 20.8. The molecule has 0 unspecified atom stereocenters. The summed E-state index contributed by atoms with van der Waals surface area (Å²) in [5, 5.41) is 21.2. The van der Waals surface area contributed by atoms with Crippen LogP contribution in [0.4, 0.5) is 11.4 Å². The van der Waals surface area contributed by atoms with E-state index in [4.69, 9.17) is 0 Å². The molecular weight excluding hydrogens is 446 g/mol. The predicted octanol–water partition coefficient (Wildman–Crippen LogP) is 2.71. The van der Waals surface area contributed by atoms with Crippen LogP contribution in [-0.4, -0.2) is 65.6 Å². The lowest BCUT2D eigenvalue weighted by Crippen LogP contribution is -2.43. The Morgan fingerprint density at radius 2 is 1.94 bits per heavy atom. The summed E-state index contributed by atoms with van der Waals surface area (Å²) in [5.74, 6) is -1.01. The standard InChI is InChI=1S/C27H37N3O5/c1-19(9-7-12-25(33)30-16-8-10-21(30)18-31)27(35)22-17-20(13-14-23(22)28(2)26(27)34)29-15-6-4-3-5-11-24(29)32/h7,9,13-14,17,19,21,31,35H,3-6,8,10-12,15-16,18H2,1-2H3/b9-7+/t19-,21-,27+/m0/s1. The Morgan fingerprint density at radius 1 is 1.17 bits per heavy atom. The molecule has 0 saturated carbocycles. The molecule has 8 heteroatoms. The van der Waals surface area contributed by atoms with Crippen molar-refractivity contribution in [1.82, 2.24) is 4.90 Å². The van der Waals surface area contributed by atoms with Gasteiger partial charge in [0.05, 0.1) is 18.3 Å². The number of likely N-dealkylation sites (tertiary alicyclic amines) is 1. The number of likely N-dealkylation sites (N-methyl/N-ethyl adjacent to an activating group) is 1. The Balaban J connectivity index is 1.55. The van der Waals surface area contributed by atoms with E-state index in [1.54, 1.807) is 48.1 Å². The van der Waals surface area contributed by atoms with Gasteiger partial charge in [-0.2, -0.15) is 0 Å². The van der Waals surface area contributed by atoms with Gasteiger partial charge in [-0.15, -0.1) is 0 Å². The van der Waals surface area contributed by atoms with E-state index in [1.165, 1.54) is 4.90 Å². The Kier molecular flexibility index (Phi) is 7.62. The normalized spacial score (nSPS) is 26.3. The number of nitrogens with zero attached hydrogens (tertiary/aromatic N) is 3. The molecule has 2 N–H and O–H groups in total. The van der Waals surface area contributed by atoms with Gasteiger partial charge >= 0.3 is 0 Å². The number of amides is 3. The number of hydrogen-bond acceptors (Lipinski definition) is 5. The summed E-state index contributed by atoms with van der Waals surface area (Å²) in [6.45, 7) is 3.00. The van der Waals surface area contributed by atoms with Gasteiger partial charge in [0.2, 0.25) is 11.8 Å². The Labute approximate surface area is 207 Å². The van der Waals surface area contributed by atoms with Crippen LogP contribution in [0.2, 0.25) is 0 Å². The summed E-state index contributed by atoms with van der Waals surface area (Å²) in [5.41, 5.74) is 0.0282. The van der Waals surface area contributed by atoms with E-state index in [2.05, 4.69) is 0 Å². The summed E-state index contributed by atoms with van der Waals surface area (Å²) < 4.78 is 0. The Hall–Kier alpha value is -2.71. The molecule has 0 radical (unpaired) electrons. The third-order valence-corrected chi connectivity index (χ3v) is 7.80. The topological polar surface area (TPSA) is 101 Å². The van der Waals surface area contributed by atoms with E-state index in [-0.39, 0.29) is 30.9 Å². The summed E-state index contributed by atoms with van der Waals surface area (Å²) in [6.07, 6.45) is 9.71. The lowest BCUT2D eigenvalue weighted by Gasteiger charge is -2.29. The zero-order valence-electron chi connectivity index (χ0n) is 20.8. The van der Waals surface area contributed by atoms with E-state index in [0.717, 1.165) is 38.5 Å². The molecule has 0 spiro atoms. The first-order valence-electron chi connectivity index (χ1n) is 12.8. The maximum absolute atomic E-state index is 13.2. The number of aliphatic hydroxyl groups excluding tert-OH is 1. The van der Waals surface area contributed by atoms with Crippen molar-refractivity contribution in [2.45, 2.75) is 69.9 Å². The molecule has 0 aliphatic carbocycles. The Bertz CT molecular complexity index is 1010. The van der Waals surface area contributed by atoms with E-state index in [9.17, 15) is 24.6 Å². The average molecular weight is 484 g/mol. The highest BCUT2D eigenvalue weighted by atomic mass is 16.3. The van der Waals surface area contributed by atoms with Crippen molar-refractivity contribution in [3.8, 4) is 0 Å². The number of carbonyl (C=O) groups is 3. The van der Waals surface area contributed by atoms with E-state index in [0.29, 0.717) is 36.4 Å². The molecule has 0 bridgehead atoms. The molecule has 3 amide bonds. The van der Waals surface area contributed by atoms with Gasteiger partial charge in [-0.1, -0.05) is 31.9 Å². The molecule has 3 aliphatic rings. The van der Waals surface area contributed by atoms with Crippen LogP contribution in [-0.2, 0) is 20.0 Å². The van der Waals surface area contributed by atoms with Crippen LogP contribution in [0.15, 0.2) is 30.4 Å². The van der Waals surface area contributed by atoms with Crippen LogP contribution in [0.5, 0.6) is 0 Å². The van der Waals surface area contributed by atoms with Crippen molar-refractivity contribution in [2.24, 2.45) is 5.92 Å². The van der Waals surface area contributed by atoms with Crippen molar-refractivity contribution in [3.05, 3.63) is 35.9 Å². The van der Waals surface area contributed by atoms with E-state index < -0.39 is 17.4 Å². The second-order valence-electron chi connectivity index (χ2n) is 10.0. The second kappa shape index (κ2) is 10.5. The highest BCUT2D eigenvalue weighted by Crippen LogP contribution is 2.46. The number of hydrogen-bond donors (Lipinski definition) is 2. The minimum absolute atomic E-state index is 0.0366. The number of rotatable bonds is 6. The largest absolute Gasteiger partial charge is 0.394 e. The number of anilines is 2. The first-order valence-corrected chi connectivity index (χ1v) is 12.8. The molecule has 35 heavy (non-hydrogen) atoms. The molecule has 190 valence electrons. The van der Waals surface area contributed by atoms with Gasteiger partial charge in [0.15, 0.2) is 5.60 Å². The van der Waals surface area contributed by atoms with E-state index >= 15 is 0 Å². The molecule has 8 nitrogen and oxygen atoms in total. The number of fused-ring (bicyclic) bond motifs is 1. The van der Waals surface area contributed by atoms with Crippen LogP contribution in [0.1, 0.15) is 63.9 Å². The number of carbonyl (C=O) groups excluding carboxylic acids is 3. The fourth-order valence-corrected chi connectivity index (χ4v) is 5.63. The van der Waals surface area contributed by atoms with Crippen molar-refractivity contribution < 1.29 is 24.6 Å². The fraction of sp³-hybridized carbons (Fsp3) is 0.593. The minimum atomic E-state index is -1.79. The molecular formula is C27H37N3O5. The van der Waals surface area contributed by atoms with Crippen molar-refractivity contribution in [2.75, 3.05) is 36.5 Å². The van der Waals surface area contributed by atoms with Gasteiger partial charge in [0.25, 0.3) is 5.91 Å². The van der Waals surface area contributed by atoms with Crippen molar-refractivity contribution in [3.63, 3.8) is 0 Å². The molecule has 0 aromatic heterocycles. The van der Waals surface area contributed by atoms with Gasteiger partial charge < -0.3 is 24.9 Å². The maximum Gasteiger partial charge on any atom is 0.264 e. The molecule has 4 rings (SSSR count). The first-order chi connectivity index (χ1) is 16.8. The lowest BCUT2D eigenvalue weighted by molar-refractivity contribution is -0.139. The summed E-state index contributed by atoms with van der Waals surface area (Å²) in [7, 11) is 1.64. The number of benzene rings is 1. The van der Waals surface area contributed by atoms with Crippen LogP contribution in [0.3, 0.4) is 0 Å². The van der Waals surface area contributed by atoms with E-state index in [1.807, 2.05) is 6.07 Å². The van der Waals surface area contributed by atoms with Gasteiger partial charge in [-0.25, -0.2) is 0 Å². The molecule has 1 aromatic rings. The van der Waals surface area contributed by atoms with Crippen molar-refractivity contribution >= 4 is 29.1 Å². The van der Waals surface area contributed by atoms with Gasteiger partial charge in [-0.3, -0.25) is 14.4 Å². The Morgan fingerprint density at radius 3 is 2.71 bits per heavy atom. The monoisotopic (exact) mass is 483 g/mol. The summed E-state index contributed by atoms with van der Waals surface area (Å²) in [4.78, 5) is 43.5. The molecule has 3 heterocycles. The summed E-state index contributed by atoms with van der Waals surface area (Å²) in [6, 6.07) is 5.30. The zero-order chi connectivity index (χ0) is 25.2. The average Bonchev–Trinajstić information content (AvgIpc) is 3.40. The molecule has 3 aliphatic heterocycles. The highest BCUT2D eigenvalue weighted by molar-refractivity contribution is 6.07. The SMILES string of the molecule is C[C@@H](/C=C/CC(=O)N1CCC[C@H]1CO)[C@]1(O)C(=O)N(C)c2ccc(N3CCCCCCC3=O)cc21. The van der Waals surface area contributed by atoms with Gasteiger partial charge in [-0.05, 0) is 43.9 Å². The third-order valence-electron chi connectivity index (χ3n) is 7.80. The van der Waals surface area contributed by atoms with Crippen molar-refractivity contribution in [1.29, 1.82) is 0 Å². The third kappa shape index (κ3) is 4.74. The maximum atomic E-state index is 13.2. The van der Waals surface area contributed by atoms with Crippen LogP contribution in [0.25, 0.3) is 0 Å². The molecule has 1 aromatic carbocycles. The second-order valence-corrected chi connectivity index (χ2v) is 10.0. The number of aliphatic hydroxyl groups is 2. The predicted molar refractivity (Wildman–Crippen MR) is 134 cm³/mol. The van der Waals surface area contributed by atoms with Gasteiger partial charge in [0, 0.05) is 50.1 Å². The highest BCUT2D eigenvalue weighted by Gasteiger charge is 2.51. The molecule has 2 saturated heterocycles. The summed E-state index contributed by atoms with van der Waals surface area (Å²) >= 11 is 0. The lowest BCUT2D eigenvalue weighted by atomic mass is 9.82. The quantitative estimate of drug-likeness (QED) is 0.606. The van der Waals surface area contributed by atoms with Gasteiger partial charge in [0.1, 0.15) is 0 Å². The van der Waals surface area contributed by atoms with Crippen LogP contribution < -0.4 is 9.80 Å².